The largest absolute Gasteiger partial charge is 0.573 e. The summed E-state index contributed by atoms with van der Waals surface area (Å²) in [5.74, 6) is 1.16. The van der Waals surface area contributed by atoms with Crippen molar-refractivity contribution in [2.24, 2.45) is 17.8 Å². The summed E-state index contributed by atoms with van der Waals surface area (Å²) in [4.78, 5) is 0. The average molecular weight is 527 g/mol. The molecular formula is C28H31F5O4. The molecule has 1 aliphatic heterocycles. The molecule has 4 nitrogen and oxygen atoms in total. The molecule has 3 fully saturated rings. The third-order valence-corrected chi connectivity index (χ3v) is 7.94. The summed E-state index contributed by atoms with van der Waals surface area (Å²) in [7, 11) is 0. The van der Waals surface area contributed by atoms with Crippen LogP contribution in [0, 0.1) is 17.8 Å². The molecule has 0 aromatic heterocycles. The molecule has 0 unspecified atom stereocenters. The number of rotatable bonds is 7. The quantitative estimate of drug-likeness (QED) is 0.345. The number of halogens is 5. The van der Waals surface area contributed by atoms with Crippen LogP contribution in [-0.2, 0) is 15.6 Å². The second-order valence-corrected chi connectivity index (χ2v) is 10.4. The van der Waals surface area contributed by atoms with Crippen molar-refractivity contribution in [1.82, 2.24) is 0 Å². The Kier molecular flexibility index (Phi) is 7.63. The third kappa shape index (κ3) is 6.55. The predicted molar refractivity (Wildman–Crippen MR) is 125 cm³/mol. The lowest BCUT2D eigenvalue weighted by Gasteiger charge is -2.41. The highest BCUT2D eigenvalue weighted by molar-refractivity contribution is 5.33. The highest BCUT2D eigenvalue weighted by Gasteiger charge is 2.38. The van der Waals surface area contributed by atoms with E-state index in [0.717, 1.165) is 74.6 Å². The Bertz CT molecular complexity index is 1000. The number of alkyl halides is 5. The van der Waals surface area contributed by atoms with E-state index in [1.54, 1.807) is 12.1 Å². The summed E-state index contributed by atoms with van der Waals surface area (Å²) in [5.41, 5.74) is 0.674. The molecule has 5 rings (SSSR count). The monoisotopic (exact) mass is 526 g/mol. The fourth-order valence-electron chi connectivity index (χ4n) is 5.58. The van der Waals surface area contributed by atoms with Gasteiger partial charge >= 0.3 is 12.5 Å². The summed E-state index contributed by atoms with van der Waals surface area (Å²) in [6, 6.07) is 9.96. The zero-order valence-electron chi connectivity index (χ0n) is 20.4. The standard InChI is InChI=1S/C28H31F5O4/c29-27(30,36-24-12-14-25(15-13-24)37-28(31,32)33)23-10-8-20(9-11-23)19-4-6-21(7-5-19)26-34-16-22(17-35-26)18-2-1-3-18/h8-15,18-19,21-22,26H,1-7,16-17H2. The van der Waals surface area contributed by atoms with E-state index in [0.29, 0.717) is 11.8 Å². The molecule has 9 heteroatoms. The Labute approximate surface area is 213 Å². The first-order chi connectivity index (χ1) is 17.7. The summed E-state index contributed by atoms with van der Waals surface area (Å²) in [5, 5.41) is 0. The van der Waals surface area contributed by atoms with Gasteiger partial charge in [-0.25, -0.2) is 0 Å². The fraction of sp³-hybridized carbons (Fsp3) is 0.571. The second-order valence-electron chi connectivity index (χ2n) is 10.4. The van der Waals surface area contributed by atoms with Gasteiger partial charge in [-0.1, -0.05) is 31.4 Å². The SMILES string of the molecule is FC(F)(F)Oc1ccc(OC(F)(F)c2ccc(C3CCC(C4OCC(C5CCC5)CO4)CC3)cc2)cc1. The molecule has 2 aromatic carbocycles. The van der Waals surface area contributed by atoms with Gasteiger partial charge in [0.05, 0.1) is 18.8 Å². The maximum atomic E-state index is 14.7. The topological polar surface area (TPSA) is 36.9 Å². The Morgan fingerprint density at radius 2 is 1.19 bits per heavy atom. The van der Waals surface area contributed by atoms with E-state index < -0.39 is 18.2 Å². The van der Waals surface area contributed by atoms with Gasteiger partial charge in [0, 0.05) is 11.8 Å². The first-order valence-electron chi connectivity index (χ1n) is 12.9. The molecule has 2 saturated carbocycles. The van der Waals surface area contributed by atoms with E-state index in [1.807, 2.05) is 0 Å². The summed E-state index contributed by atoms with van der Waals surface area (Å²) < 4.78 is 86.9. The van der Waals surface area contributed by atoms with Gasteiger partial charge in [-0.05, 0) is 79.5 Å². The van der Waals surface area contributed by atoms with Gasteiger partial charge in [0.25, 0.3) is 0 Å². The molecule has 0 amide bonds. The first kappa shape index (κ1) is 26.2. The number of ether oxygens (including phenoxy) is 4. The van der Waals surface area contributed by atoms with Crippen molar-refractivity contribution < 1.29 is 40.9 Å². The third-order valence-electron chi connectivity index (χ3n) is 7.94. The fourth-order valence-corrected chi connectivity index (χ4v) is 5.58. The van der Waals surface area contributed by atoms with Crippen molar-refractivity contribution >= 4 is 0 Å². The van der Waals surface area contributed by atoms with E-state index in [1.165, 1.54) is 31.4 Å². The van der Waals surface area contributed by atoms with Gasteiger partial charge in [0.15, 0.2) is 6.29 Å². The molecule has 1 heterocycles. The molecular weight excluding hydrogens is 495 g/mol. The molecule has 37 heavy (non-hydrogen) atoms. The highest BCUT2D eigenvalue weighted by atomic mass is 19.4. The van der Waals surface area contributed by atoms with Crippen molar-refractivity contribution in [1.29, 1.82) is 0 Å². The molecule has 0 N–H and O–H groups in total. The van der Waals surface area contributed by atoms with Crippen molar-refractivity contribution in [2.75, 3.05) is 13.2 Å². The normalized spacial score (nSPS) is 27.4. The molecule has 202 valence electrons. The van der Waals surface area contributed by atoms with Crippen molar-refractivity contribution in [3.63, 3.8) is 0 Å². The lowest BCUT2D eigenvalue weighted by atomic mass is 9.75. The van der Waals surface area contributed by atoms with Gasteiger partial charge in [-0.3, -0.25) is 0 Å². The number of hydrogen-bond acceptors (Lipinski definition) is 4. The number of benzene rings is 2. The Balaban J connectivity index is 1.11. The molecule has 2 aromatic rings. The van der Waals surface area contributed by atoms with Gasteiger partial charge in [0.2, 0.25) is 0 Å². The maximum absolute atomic E-state index is 14.7. The second kappa shape index (κ2) is 10.8. The van der Waals surface area contributed by atoms with E-state index >= 15 is 0 Å². The lowest BCUT2D eigenvalue weighted by molar-refractivity contribution is -0.274. The van der Waals surface area contributed by atoms with Crippen LogP contribution in [0.2, 0.25) is 0 Å². The minimum Gasteiger partial charge on any atom is -0.429 e. The first-order valence-corrected chi connectivity index (χ1v) is 12.9. The Morgan fingerprint density at radius 1 is 0.622 bits per heavy atom. The highest BCUT2D eigenvalue weighted by Crippen LogP contribution is 2.42. The minimum absolute atomic E-state index is 0.135. The van der Waals surface area contributed by atoms with Crippen LogP contribution >= 0.6 is 0 Å². The van der Waals surface area contributed by atoms with Crippen LogP contribution in [0.15, 0.2) is 48.5 Å². The van der Waals surface area contributed by atoms with E-state index in [2.05, 4.69) is 4.74 Å². The molecule has 0 bridgehead atoms. The van der Waals surface area contributed by atoms with Crippen LogP contribution in [-0.4, -0.2) is 25.9 Å². The Morgan fingerprint density at radius 3 is 1.70 bits per heavy atom. The van der Waals surface area contributed by atoms with Crippen molar-refractivity contribution in [3.05, 3.63) is 59.7 Å². The van der Waals surface area contributed by atoms with Gasteiger partial charge in [-0.15, -0.1) is 13.2 Å². The van der Waals surface area contributed by atoms with Crippen LogP contribution in [0.25, 0.3) is 0 Å². The van der Waals surface area contributed by atoms with Crippen LogP contribution in [0.3, 0.4) is 0 Å². The Hall–Kier alpha value is -2.39. The predicted octanol–water partition coefficient (Wildman–Crippen LogP) is 7.78. The summed E-state index contributed by atoms with van der Waals surface area (Å²) in [6.07, 6.45) is -0.911. The molecule has 1 saturated heterocycles. The molecule has 0 spiro atoms. The van der Waals surface area contributed by atoms with Gasteiger partial charge in [-0.2, -0.15) is 8.78 Å². The van der Waals surface area contributed by atoms with Crippen LogP contribution in [0.1, 0.15) is 62.0 Å². The molecule has 2 aliphatic carbocycles. The molecule has 3 aliphatic rings. The van der Waals surface area contributed by atoms with Gasteiger partial charge in [0.1, 0.15) is 11.5 Å². The van der Waals surface area contributed by atoms with E-state index in [9.17, 15) is 22.0 Å². The van der Waals surface area contributed by atoms with Crippen LogP contribution < -0.4 is 9.47 Å². The van der Waals surface area contributed by atoms with Crippen molar-refractivity contribution in [2.45, 2.75) is 69.6 Å². The molecule has 0 atom stereocenters. The maximum Gasteiger partial charge on any atom is 0.573 e. The van der Waals surface area contributed by atoms with Gasteiger partial charge < -0.3 is 18.9 Å². The zero-order chi connectivity index (χ0) is 26.0. The van der Waals surface area contributed by atoms with E-state index in [4.69, 9.17) is 14.2 Å². The zero-order valence-corrected chi connectivity index (χ0v) is 20.4. The van der Waals surface area contributed by atoms with Crippen molar-refractivity contribution in [3.8, 4) is 11.5 Å². The average Bonchev–Trinajstić information content (AvgIpc) is 2.84. The number of hydrogen-bond donors (Lipinski definition) is 0. The lowest BCUT2D eigenvalue weighted by Crippen LogP contribution is -2.42. The van der Waals surface area contributed by atoms with E-state index in [-0.39, 0.29) is 23.5 Å². The summed E-state index contributed by atoms with van der Waals surface area (Å²) >= 11 is 0. The van der Waals surface area contributed by atoms with Crippen LogP contribution in [0.4, 0.5) is 22.0 Å². The molecule has 0 radical (unpaired) electrons. The summed E-state index contributed by atoms with van der Waals surface area (Å²) in [6.45, 7) is 1.58. The van der Waals surface area contributed by atoms with Crippen LogP contribution in [0.5, 0.6) is 11.5 Å². The minimum atomic E-state index is -4.86. The smallest absolute Gasteiger partial charge is 0.429 e.